The Kier molecular flexibility index (Phi) is 11.5. The van der Waals surface area contributed by atoms with Gasteiger partial charge >= 0.3 is 0 Å². The van der Waals surface area contributed by atoms with Gasteiger partial charge in [0.25, 0.3) is 0 Å². The third-order valence-electron chi connectivity index (χ3n) is 14.6. The van der Waals surface area contributed by atoms with Crippen molar-refractivity contribution in [3.63, 3.8) is 0 Å². The highest BCUT2D eigenvalue weighted by Crippen LogP contribution is 2.70. The second-order valence-electron chi connectivity index (χ2n) is 17.9. The maximum absolute atomic E-state index is 12.8. The summed E-state index contributed by atoms with van der Waals surface area (Å²) in [5.74, 6) is -0.240. The highest BCUT2D eigenvalue weighted by molar-refractivity contribution is 5.20. The lowest BCUT2D eigenvalue weighted by atomic mass is 9.42. The maximum Gasteiger partial charge on any atom is 0.186 e. The summed E-state index contributed by atoms with van der Waals surface area (Å²) in [6, 6.07) is 0. The van der Waals surface area contributed by atoms with Gasteiger partial charge in [-0.2, -0.15) is 0 Å². The van der Waals surface area contributed by atoms with E-state index in [0.29, 0.717) is 32.1 Å². The van der Waals surface area contributed by atoms with Crippen LogP contribution in [0.25, 0.3) is 0 Å². The minimum atomic E-state index is -1.38. The van der Waals surface area contributed by atoms with E-state index in [9.17, 15) is 46.0 Å². The average Bonchev–Trinajstić information content (AvgIpc) is 3.34. The minimum Gasteiger partial charge on any atom is -0.393 e. The number of hydrogen-bond donors (Lipinski definition) is 9. The van der Waals surface area contributed by atoms with Crippen LogP contribution in [-0.4, -0.2) is 138 Å². The Morgan fingerprint density at radius 3 is 1.94 bits per heavy atom. The molecular weight excluding hydrogens is 652 g/mol. The van der Waals surface area contributed by atoms with Crippen LogP contribution in [0.3, 0.4) is 0 Å². The average molecular weight is 717 g/mol. The van der Waals surface area contributed by atoms with Gasteiger partial charge in [-0.25, -0.2) is 0 Å². The Balaban J connectivity index is 1.12. The van der Waals surface area contributed by atoms with Gasteiger partial charge in [0.2, 0.25) is 0 Å². The topological polar surface area (TPSA) is 219 Å². The van der Waals surface area contributed by atoms with E-state index in [0.717, 1.165) is 19.3 Å². The molecule has 0 aromatic heterocycles. The number of hydrogen-bond acceptors (Lipinski definition) is 13. The van der Waals surface area contributed by atoms with E-state index in [1.165, 1.54) is 0 Å². The number of ether oxygens (including phenoxy) is 4. The molecule has 20 atom stereocenters. The first kappa shape index (κ1) is 39.2. The Hall–Kier alpha value is -0.520. The lowest BCUT2D eigenvalue weighted by Crippen LogP contribution is -2.68. The van der Waals surface area contributed by atoms with Gasteiger partial charge < -0.3 is 64.9 Å². The number of fused-ring (bicyclic) bond motifs is 5. The summed E-state index contributed by atoms with van der Waals surface area (Å²) >= 11 is 0. The number of rotatable bonds is 9. The monoisotopic (exact) mass is 716 g/mol. The third kappa shape index (κ3) is 6.73. The van der Waals surface area contributed by atoms with E-state index >= 15 is 0 Å². The van der Waals surface area contributed by atoms with Crippen LogP contribution in [0.15, 0.2) is 0 Å². The molecule has 6 rings (SSSR count). The summed E-state index contributed by atoms with van der Waals surface area (Å²) in [5, 5.41) is 97.1. The van der Waals surface area contributed by atoms with Crippen LogP contribution in [0, 0.1) is 46.3 Å². The molecule has 9 unspecified atom stereocenters. The van der Waals surface area contributed by atoms with Gasteiger partial charge in [-0.15, -0.1) is 0 Å². The summed E-state index contributed by atoms with van der Waals surface area (Å²) in [6.07, 6.45) is -6.33. The lowest BCUT2D eigenvalue weighted by molar-refractivity contribution is -0.300. The van der Waals surface area contributed by atoms with Crippen molar-refractivity contribution in [1.29, 1.82) is 0 Å². The predicted molar refractivity (Wildman–Crippen MR) is 178 cm³/mol. The quantitative estimate of drug-likeness (QED) is 0.148. The van der Waals surface area contributed by atoms with Crippen molar-refractivity contribution in [3.05, 3.63) is 0 Å². The van der Waals surface area contributed by atoms with Gasteiger partial charge in [0, 0.05) is 12.3 Å². The Morgan fingerprint density at radius 1 is 0.700 bits per heavy atom. The van der Waals surface area contributed by atoms with Crippen LogP contribution in [0.4, 0.5) is 0 Å². The molecule has 0 radical (unpaired) electrons. The molecule has 0 aromatic rings. The van der Waals surface area contributed by atoms with Gasteiger partial charge in [-0.3, -0.25) is 0 Å². The van der Waals surface area contributed by atoms with Gasteiger partial charge in [0.1, 0.15) is 36.6 Å². The molecule has 4 saturated carbocycles. The zero-order valence-corrected chi connectivity index (χ0v) is 30.3. The normalized spacial score (nSPS) is 53.7. The van der Waals surface area contributed by atoms with Crippen molar-refractivity contribution >= 4 is 0 Å². The summed E-state index contributed by atoms with van der Waals surface area (Å²) in [6.45, 7) is 10.4. The molecule has 2 aliphatic heterocycles. The molecule has 13 nitrogen and oxygen atoms in total. The predicted octanol–water partition coefficient (Wildman–Crippen LogP) is 0.423. The highest BCUT2D eigenvalue weighted by Gasteiger charge is 2.71. The van der Waals surface area contributed by atoms with E-state index in [1.54, 1.807) is 0 Å². The molecule has 50 heavy (non-hydrogen) atoms. The molecule has 13 heteroatoms. The first-order chi connectivity index (χ1) is 23.4. The number of aliphatic hydroxyl groups is 9. The molecule has 0 spiro atoms. The molecule has 2 heterocycles. The molecule has 9 N–H and O–H groups in total. The van der Waals surface area contributed by atoms with Crippen LogP contribution in [0.1, 0.15) is 92.4 Å². The standard InChI is InChI=1S/C37H64O13/c1-17(2)26(50-34-31(45)29(43)25(41)16-48-34)7-6-18(3)20-13-22(38)32-36(20,5)11-9-27-35(4)10-8-19(12-21(35)23(39)14-37(27,32)46)49-33-30(44)28(42)24(40)15-47-33/h17-34,38-46H,6-16H2,1-5H3/t18-,19+,20-,21-,22-,23+,24?,25?,26?,27-,28?,29?,30?,31?,32-,33?,34?,35+,36-,37+/m1/s1. The smallest absolute Gasteiger partial charge is 0.186 e. The first-order valence-corrected chi connectivity index (χ1v) is 19.1. The molecular formula is C37H64O13. The summed E-state index contributed by atoms with van der Waals surface area (Å²) < 4.78 is 23.3. The van der Waals surface area contributed by atoms with Crippen molar-refractivity contribution < 1.29 is 64.9 Å². The SMILES string of the molecule is CC(C)C(CC[C@@H](C)[C@H]1C[C@@H](O)[C@@H]2[C@]1(C)CC[C@@H]1[C@@]3(C)CC[C@H](OC4OCC(O)C(O)C4O)C[C@@H]3[C@@H](O)C[C@]12O)OC1OCC(O)C(O)C1O. The Morgan fingerprint density at radius 2 is 1.30 bits per heavy atom. The van der Waals surface area contributed by atoms with Gasteiger partial charge in [-0.1, -0.05) is 34.6 Å². The van der Waals surface area contributed by atoms with Crippen LogP contribution in [-0.2, 0) is 18.9 Å². The second kappa shape index (κ2) is 14.6. The second-order valence-corrected chi connectivity index (χ2v) is 17.9. The molecule has 0 bridgehead atoms. The van der Waals surface area contributed by atoms with Crippen molar-refractivity contribution in [2.75, 3.05) is 13.2 Å². The van der Waals surface area contributed by atoms with Crippen LogP contribution >= 0.6 is 0 Å². The molecule has 6 fully saturated rings. The molecule has 6 aliphatic rings. The fourth-order valence-electron chi connectivity index (χ4n) is 11.9. The van der Waals surface area contributed by atoms with Crippen molar-refractivity contribution in [2.24, 2.45) is 46.3 Å². The molecule has 0 aromatic carbocycles. The van der Waals surface area contributed by atoms with E-state index < -0.39 is 78.3 Å². The van der Waals surface area contributed by atoms with Crippen molar-refractivity contribution in [2.45, 2.75) is 172 Å². The molecule has 2 saturated heterocycles. The summed E-state index contributed by atoms with van der Waals surface area (Å²) in [5.41, 5.74) is -1.98. The lowest BCUT2D eigenvalue weighted by Gasteiger charge is -2.66. The first-order valence-electron chi connectivity index (χ1n) is 19.1. The number of aliphatic hydroxyl groups excluding tert-OH is 8. The molecule has 290 valence electrons. The molecule has 4 aliphatic carbocycles. The van der Waals surface area contributed by atoms with E-state index in [2.05, 4.69) is 20.8 Å². The maximum atomic E-state index is 12.8. The van der Waals surface area contributed by atoms with Crippen LogP contribution in [0.5, 0.6) is 0 Å². The fraction of sp³-hybridized carbons (Fsp3) is 1.00. The zero-order chi connectivity index (χ0) is 36.5. The Bertz CT molecular complexity index is 1160. The largest absolute Gasteiger partial charge is 0.393 e. The van der Waals surface area contributed by atoms with Crippen LogP contribution in [0.2, 0.25) is 0 Å². The fourth-order valence-corrected chi connectivity index (χ4v) is 11.9. The minimum absolute atomic E-state index is 0.105. The van der Waals surface area contributed by atoms with Gasteiger partial charge in [-0.05, 0) is 91.8 Å². The van der Waals surface area contributed by atoms with Crippen molar-refractivity contribution in [1.82, 2.24) is 0 Å². The highest BCUT2D eigenvalue weighted by atomic mass is 16.7. The zero-order valence-electron chi connectivity index (χ0n) is 30.3. The summed E-state index contributed by atoms with van der Waals surface area (Å²) in [7, 11) is 0. The molecule has 0 amide bonds. The van der Waals surface area contributed by atoms with Crippen molar-refractivity contribution in [3.8, 4) is 0 Å². The van der Waals surface area contributed by atoms with Gasteiger partial charge in [0.05, 0.1) is 43.2 Å². The van der Waals surface area contributed by atoms with E-state index in [1.807, 2.05) is 13.8 Å². The Labute approximate surface area is 295 Å². The van der Waals surface area contributed by atoms with Crippen LogP contribution < -0.4 is 0 Å². The summed E-state index contributed by atoms with van der Waals surface area (Å²) in [4.78, 5) is 0. The third-order valence-corrected chi connectivity index (χ3v) is 14.6. The van der Waals surface area contributed by atoms with E-state index in [4.69, 9.17) is 18.9 Å². The van der Waals surface area contributed by atoms with Gasteiger partial charge in [0.15, 0.2) is 12.6 Å². The van der Waals surface area contributed by atoms with E-state index in [-0.39, 0.29) is 66.8 Å².